The monoisotopic (exact) mass is 347 g/mol. The lowest BCUT2D eigenvalue weighted by Crippen LogP contribution is -2.38. The first kappa shape index (κ1) is 18.2. The van der Waals surface area contributed by atoms with Gasteiger partial charge in [0, 0.05) is 31.9 Å². The molecule has 1 saturated carbocycles. The number of anilines is 1. The molecule has 1 saturated heterocycles. The van der Waals surface area contributed by atoms with Crippen molar-refractivity contribution in [3.63, 3.8) is 0 Å². The fourth-order valence-corrected chi connectivity index (χ4v) is 2.87. The molecule has 0 aromatic heterocycles. The number of nitrogens with zero attached hydrogens (tertiary/aromatic N) is 1. The number of nitrogens with one attached hydrogen (secondary N) is 2. The molecule has 1 aliphatic carbocycles. The predicted octanol–water partition coefficient (Wildman–Crippen LogP) is 2.46. The van der Waals surface area contributed by atoms with Gasteiger partial charge >= 0.3 is 6.03 Å². The highest BCUT2D eigenvalue weighted by molar-refractivity contribution is 5.89. The Balaban J connectivity index is 1.31. The molecular formula is C19H29N3O3. The molecule has 25 heavy (non-hydrogen) atoms. The van der Waals surface area contributed by atoms with Gasteiger partial charge in [0.1, 0.15) is 0 Å². The molecule has 0 unspecified atom stereocenters. The minimum atomic E-state index is -0.155. The lowest BCUT2D eigenvalue weighted by atomic mass is 10.2. The maximum absolute atomic E-state index is 12.0. The molecule has 0 radical (unpaired) electrons. The summed E-state index contributed by atoms with van der Waals surface area (Å²) in [6.07, 6.45) is 3.54. The van der Waals surface area contributed by atoms with Crippen molar-refractivity contribution in [2.45, 2.75) is 25.9 Å². The number of carbonyl (C=O) groups excluding carboxylic acids is 1. The smallest absolute Gasteiger partial charge is 0.319 e. The third-order valence-electron chi connectivity index (χ3n) is 4.54. The predicted molar refractivity (Wildman–Crippen MR) is 97.7 cm³/mol. The molecule has 1 aromatic rings. The second-order valence-electron chi connectivity index (χ2n) is 6.85. The maximum Gasteiger partial charge on any atom is 0.319 e. The normalized spacial score (nSPS) is 18.1. The van der Waals surface area contributed by atoms with Crippen molar-refractivity contribution in [1.29, 1.82) is 0 Å². The first-order chi connectivity index (χ1) is 12.3. The Morgan fingerprint density at radius 3 is 2.92 bits per heavy atom. The van der Waals surface area contributed by atoms with Gasteiger partial charge in [0.25, 0.3) is 0 Å². The Labute approximate surface area is 149 Å². The number of ether oxygens (including phenoxy) is 2. The molecular weight excluding hydrogens is 318 g/mol. The number of hydrogen-bond acceptors (Lipinski definition) is 4. The Kier molecular flexibility index (Phi) is 7.09. The molecule has 1 aliphatic heterocycles. The van der Waals surface area contributed by atoms with Crippen molar-refractivity contribution in [1.82, 2.24) is 10.2 Å². The van der Waals surface area contributed by atoms with Crippen LogP contribution in [0.2, 0.25) is 0 Å². The summed E-state index contributed by atoms with van der Waals surface area (Å²) in [5.41, 5.74) is 1.89. The van der Waals surface area contributed by atoms with Crippen molar-refractivity contribution in [3.05, 3.63) is 29.8 Å². The van der Waals surface area contributed by atoms with Crippen LogP contribution in [0.15, 0.2) is 24.3 Å². The highest BCUT2D eigenvalue weighted by Gasteiger charge is 2.21. The number of amides is 2. The van der Waals surface area contributed by atoms with E-state index in [1.807, 2.05) is 24.3 Å². The third kappa shape index (κ3) is 7.02. The van der Waals surface area contributed by atoms with E-state index in [1.54, 1.807) is 0 Å². The number of hydrogen-bond donors (Lipinski definition) is 2. The molecule has 2 fully saturated rings. The number of morpholine rings is 1. The summed E-state index contributed by atoms with van der Waals surface area (Å²) >= 11 is 0. The van der Waals surface area contributed by atoms with Crippen molar-refractivity contribution in [3.8, 4) is 0 Å². The van der Waals surface area contributed by atoms with Gasteiger partial charge in [-0.1, -0.05) is 12.1 Å². The van der Waals surface area contributed by atoms with Crippen LogP contribution in [0.25, 0.3) is 0 Å². The van der Waals surface area contributed by atoms with Gasteiger partial charge in [0.2, 0.25) is 0 Å². The lowest BCUT2D eigenvalue weighted by Gasteiger charge is -2.26. The summed E-state index contributed by atoms with van der Waals surface area (Å²) in [6, 6.07) is 7.69. The van der Waals surface area contributed by atoms with Crippen molar-refractivity contribution >= 4 is 11.7 Å². The van der Waals surface area contributed by atoms with Gasteiger partial charge in [-0.2, -0.15) is 0 Å². The molecule has 6 nitrogen and oxygen atoms in total. The largest absolute Gasteiger partial charge is 0.379 e. The molecule has 6 heteroatoms. The van der Waals surface area contributed by atoms with E-state index in [4.69, 9.17) is 9.47 Å². The molecule has 2 N–H and O–H groups in total. The first-order valence-corrected chi connectivity index (χ1v) is 9.31. The van der Waals surface area contributed by atoms with Crippen LogP contribution in [0, 0.1) is 5.92 Å². The quantitative estimate of drug-likeness (QED) is 0.674. The van der Waals surface area contributed by atoms with Crippen LogP contribution in [0.3, 0.4) is 0 Å². The Hall–Kier alpha value is -1.63. The number of rotatable bonds is 9. The topological polar surface area (TPSA) is 62.8 Å². The molecule has 0 spiro atoms. The standard InChI is InChI=1S/C19H29N3O3/c23-19(20-7-2-8-22-9-11-24-12-10-22)21-18-4-1-3-17(13-18)15-25-14-16-5-6-16/h1,3-4,13,16H,2,5-12,14-15H2,(H2,20,21,23). The highest BCUT2D eigenvalue weighted by atomic mass is 16.5. The van der Waals surface area contributed by atoms with Gasteiger partial charge < -0.3 is 20.1 Å². The van der Waals surface area contributed by atoms with Crippen LogP contribution in [-0.4, -0.2) is 56.9 Å². The number of urea groups is 1. The number of benzene rings is 1. The molecule has 3 rings (SSSR count). The van der Waals surface area contributed by atoms with Crippen LogP contribution >= 0.6 is 0 Å². The summed E-state index contributed by atoms with van der Waals surface area (Å²) < 4.78 is 11.0. The zero-order valence-corrected chi connectivity index (χ0v) is 14.8. The van der Waals surface area contributed by atoms with E-state index in [0.29, 0.717) is 13.2 Å². The first-order valence-electron chi connectivity index (χ1n) is 9.31. The Morgan fingerprint density at radius 2 is 2.12 bits per heavy atom. The van der Waals surface area contributed by atoms with E-state index in [-0.39, 0.29) is 6.03 Å². The van der Waals surface area contributed by atoms with E-state index >= 15 is 0 Å². The number of carbonyl (C=O) groups is 1. The fourth-order valence-electron chi connectivity index (χ4n) is 2.87. The zero-order chi connectivity index (χ0) is 17.3. The summed E-state index contributed by atoms with van der Waals surface area (Å²) in [7, 11) is 0. The molecule has 1 aromatic carbocycles. The molecule has 2 aliphatic rings. The minimum absolute atomic E-state index is 0.155. The van der Waals surface area contributed by atoms with Gasteiger partial charge in [-0.15, -0.1) is 0 Å². The van der Waals surface area contributed by atoms with E-state index < -0.39 is 0 Å². The van der Waals surface area contributed by atoms with Gasteiger partial charge in [0.15, 0.2) is 0 Å². The van der Waals surface area contributed by atoms with Gasteiger partial charge in [-0.25, -0.2) is 4.79 Å². The summed E-state index contributed by atoms with van der Waals surface area (Å²) in [4.78, 5) is 14.4. The Bertz CT molecular complexity index is 542. The molecule has 1 heterocycles. The van der Waals surface area contributed by atoms with Crippen LogP contribution in [0.4, 0.5) is 10.5 Å². The van der Waals surface area contributed by atoms with Gasteiger partial charge in [-0.05, 0) is 49.4 Å². The van der Waals surface area contributed by atoms with Crippen LogP contribution in [0.1, 0.15) is 24.8 Å². The zero-order valence-electron chi connectivity index (χ0n) is 14.8. The average molecular weight is 347 g/mol. The van der Waals surface area contributed by atoms with E-state index in [9.17, 15) is 4.79 Å². The van der Waals surface area contributed by atoms with E-state index in [2.05, 4.69) is 15.5 Å². The van der Waals surface area contributed by atoms with Crippen LogP contribution < -0.4 is 10.6 Å². The minimum Gasteiger partial charge on any atom is -0.379 e. The second-order valence-corrected chi connectivity index (χ2v) is 6.85. The third-order valence-corrected chi connectivity index (χ3v) is 4.54. The lowest BCUT2D eigenvalue weighted by molar-refractivity contribution is 0.0375. The van der Waals surface area contributed by atoms with Crippen molar-refractivity contribution in [2.75, 3.05) is 51.3 Å². The SMILES string of the molecule is O=C(NCCCN1CCOCC1)Nc1cccc(COCC2CC2)c1. The average Bonchev–Trinajstić information content (AvgIpc) is 3.44. The fraction of sp³-hybridized carbons (Fsp3) is 0.632. The van der Waals surface area contributed by atoms with E-state index in [0.717, 1.165) is 63.0 Å². The summed E-state index contributed by atoms with van der Waals surface area (Å²) in [5.74, 6) is 0.768. The van der Waals surface area contributed by atoms with Gasteiger partial charge in [0.05, 0.1) is 19.8 Å². The van der Waals surface area contributed by atoms with Gasteiger partial charge in [-0.3, -0.25) is 4.90 Å². The molecule has 138 valence electrons. The van der Waals surface area contributed by atoms with E-state index in [1.165, 1.54) is 12.8 Å². The van der Waals surface area contributed by atoms with Crippen LogP contribution in [-0.2, 0) is 16.1 Å². The molecule has 0 atom stereocenters. The second kappa shape index (κ2) is 9.75. The van der Waals surface area contributed by atoms with Crippen molar-refractivity contribution < 1.29 is 14.3 Å². The summed E-state index contributed by atoms with van der Waals surface area (Å²) in [5, 5.41) is 5.81. The maximum atomic E-state index is 12.0. The molecule has 0 bridgehead atoms. The molecule has 2 amide bonds. The summed E-state index contributed by atoms with van der Waals surface area (Å²) in [6.45, 7) is 6.73. The highest BCUT2D eigenvalue weighted by Crippen LogP contribution is 2.29. The van der Waals surface area contributed by atoms with Crippen LogP contribution in [0.5, 0.6) is 0 Å². The Morgan fingerprint density at radius 1 is 1.28 bits per heavy atom. The van der Waals surface area contributed by atoms with Crippen molar-refractivity contribution in [2.24, 2.45) is 5.92 Å².